The SMILES string of the molecule is CCCn1cc(S(=O)(=O)N(CC)CC(F)(F)F)cc1CCl. The van der Waals surface area contributed by atoms with Gasteiger partial charge in [-0.3, -0.25) is 0 Å². The molecule has 9 heteroatoms. The normalized spacial score (nSPS) is 13.1. The van der Waals surface area contributed by atoms with Crippen LogP contribution in [0.15, 0.2) is 17.2 Å². The van der Waals surface area contributed by atoms with Gasteiger partial charge in [0.2, 0.25) is 10.0 Å². The van der Waals surface area contributed by atoms with Gasteiger partial charge in [-0.15, -0.1) is 11.6 Å². The van der Waals surface area contributed by atoms with Crippen molar-refractivity contribution in [1.29, 1.82) is 0 Å². The third kappa shape index (κ3) is 4.62. The molecule has 0 saturated carbocycles. The van der Waals surface area contributed by atoms with Gasteiger partial charge in [-0.25, -0.2) is 8.42 Å². The van der Waals surface area contributed by atoms with Crippen molar-refractivity contribution in [2.45, 2.75) is 43.8 Å². The van der Waals surface area contributed by atoms with Gasteiger partial charge < -0.3 is 4.57 Å². The van der Waals surface area contributed by atoms with Crippen molar-refractivity contribution in [2.24, 2.45) is 0 Å². The predicted octanol–water partition coefficient (Wildman–Crippen LogP) is 3.21. The third-order valence-corrected chi connectivity index (χ3v) is 5.07. The molecule has 0 aromatic carbocycles. The predicted molar refractivity (Wildman–Crippen MR) is 74.8 cm³/mol. The van der Waals surface area contributed by atoms with Crippen molar-refractivity contribution >= 4 is 21.6 Å². The summed E-state index contributed by atoms with van der Waals surface area (Å²) < 4.78 is 64.1. The van der Waals surface area contributed by atoms with Gasteiger partial charge in [0.15, 0.2) is 0 Å². The van der Waals surface area contributed by atoms with Crippen molar-refractivity contribution in [2.75, 3.05) is 13.1 Å². The van der Waals surface area contributed by atoms with Crippen LogP contribution in [0.3, 0.4) is 0 Å². The van der Waals surface area contributed by atoms with Gasteiger partial charge in [-0.2, -0.15) is 17.5 Å². The van der Waals surface area contributed by atoms with Crippen LogP contribution in [-0.4, -0.2) is 36.6 Å². The van der Waals surface area contributed by atoms with Crippen LogP contribution < -0.4 is 0 Å². The summed E-state index contributed by atoms with van der Waals surface area (Å²) in [5.74, 6) is 0.0981. The first kappa shape index (κ1) is 18.3. The van der Waals surface area contributed by atoms with Crippen molar-refractivity contribution < 1.29 is 21.6 Å². The lowest BCUT2D eigenvalue weighted by atomic mass is 10.4. The number of sulfonamides is 1. The van der Waals surface area contributed by atoms with E-state index in [-0.39, 0.29) is 17.3 Å². The Bertz CT molecular complexity index is 570. The van der Waals surface area contributed by atoms with Crippen LogP contribution in [0.2, 0.25) is 0 Å². The summed E-state index contributed by atoms with van der Waals surface area (Å²) in [6.07, 6.45) is -2.47. The van der Waals surface area contributed by atoms with Crippen LogP contribution in [0.25, 0.3) is 0 Å². The molecule has 0 aliphatic rings. The van der Waals surface area contributed by atoms with E-state index in [4.69, 9.17) is 11.6 Å². The zero-order chi connectivity index (χ0) is 16.3. The number of aromatic nitrogens is 1. The zero-order valence-corrected chi connectivity index (χ0v) is 13.4. The maximum Gasteiger partial charge on any atom is 0.402 e. The first-order valence-electron chi connectivity index (χ1n) is 6.47. The molecule has 0 unspecified atom stereocenters. The van der Waals surface area contributed by atoms with Crippen molar-refractivity contribution in [1.82, 2.24) is 8.87 Å². The maximum atomic E-state index is 12.5. The molecule has 0 atom stereocenters. The molecule has 0 aliphatic carbocycles. The van der Waals surface area contributed by atoms with Crippen molar-refractivity contribution in [3.05, 3.63) is 18.0 Å². The van der Waals surface area contributed by atoms with E-state index in [9.17, 15) is 21.6 Å². The van der Waals surface area contributed by atoms with Crippen LogP contribution in [-0.2, 0) is 22.4 Å². The molecule has 0 spiro atoms. The smallest absolute Gasteiger partial charge is 0.349 e. The van der Waals surface area contributed by atoms with Gasteiger partial charge in [0, 0.05) is 25.0 Å². The third-order valence-electron chi connectivity index (χ3n) is 2.91. The standard InChI is InChI=1S/C12H18ClF3N2O2S/c1-3-5-17-8-11(6-10(17)7-13)21(19,20)18(4-2)9-12(14,15)16/h6,8H,3-5,7,9H2,1-2H3. The average Bonchev–Trinajstić information content (AvgIpc) is 2.79. The summed E-state index contributed by atoms with van der Waals surface area (Å²) in [6, 6.07) is 1.33. The summed E-state index contributed by atoms with van der Waals surface area (Å²) in [5.41, 5.74) is 0.570. The van der Waals surface area contributed by atoms with E-state index in [1.54, 1.807) is 4.57 Å². The van der Waals surface area contributed by atoms with E-state index in [1.807, 2.05) is 6.92 Å². The largest absolute Gasteiger partial charge is 0.402 e. The highest BCUT2D eigenvalue weighted by Gasteiger charge is 2.36. The Morgan fingerprint density at radius 1 is 1.33 bits per heavy atom. The molecule has 0 saturated heterocycles. The van der Waals surface area contributed by atoms with E-state index in [0.717, 1.165) is 6.42 Å². The van der Waals surface area contributed by atoms with Crippen LogP contribution in [0.5, 0.6) is 0 Å². The number of aryl methyl sites for hydroxylation is 1. The minimum Gasteiger partial charge on any atom is -0.349 e. The molecule has 122 valence electrons. The Morgan fingerprint density at radius 2 is 1.95 bits per heavy atom. The van der Waals surface area contributed by atoms with Gasteiger partial charge >= 0.3 is 6.18 Å². The molecule has 21 heavy (non-hydrogen) atoms. The Labute approximate surface area is 127 Å². The molecule has 0 N–H and O–H groups in total. The quantitative estimate of drug-likeness (QED) is 0.711. The first-order valence-corrected chi connectivity index (χ1v) is 8.45. The van der Waals surface area contributed by atoms with E-state index in [1.165, 1.54) is 19.2 Å². The Kier molecular flexibility index (Phi) is 6.12. The van der Waals surface area contributed by atoms with Gasteiger partial charge in [-0.1, -0.05) is 13.8 Å². The first-order chi connectivity index (χ1) is 9.65. The molecule has 0 radical (unpaired) electrons. The zero-order valence-electron chi connectivity index (χ0n) is 11.8. The molecule has 0 amide bonds. The highest BCUT2D eigenvalue weighted by molar-refractivity contribution is 7.89. The fourth-order valence-corrected chi connectivity index (χ4v) is 3.67. The number of alkyl halides is 4. The van der Waals surface area contributed by atoms with Crippen LogP contribution >= 0.6 is 11.6 Å². The fraction of sp³-hybridized carbons (Fsp3) is 0.667. The van der Waals surface area contributed by atoms with Gasteiger partial charge in [-0.05, 0) is 12.5 Å². The highest BCUT2D eigenvalue weighted by atomic mass is 35.5. The molecule has 1 aromatic heterocycles. The number of hydrogen-bond donors (Lipinski definition) is 0. The number of rotatable bonds is 7. The number of halogens is 4. The van der Waals surface area contributed by atoms with Crippen LogP contribution in [0, 0.1) is 0 Å². The van der Waals surface area contributed by atoms with E-state index < -0.39 is 22.7 Å². The molecular formula is C12H18ClF3N2O2S. The minimum atomic E-state index is -4.58. The molecule has 0 bridgehead atoms. The lowest BCUT2D eigenvalue weighted by Crippen LogP contribution is -2.38. The van der Waals surface area contributed by atoms with Crippen LogP contribution in [0.4, 0.5) is 13.2 Å². The lowest BCUT2D eigenvalue weighted by molar-refractivity contribution is -0.135. The molecule has 1 heterocycles. The summed E-state index contributed by atoms with van der Waals surface area (Å²) in [7, 11) is -4.18. The Hall–Kier alpha value is -0.730. The second-order valence-corrected chi connectivity index (χ2v) is 6.75. The molecule has 0 aliphatic heterocycles. The second kappa shape index (κ2) is 7.02. The van der Waals surface area contributed by atoms with Crippen LogP contribution in [0.1, 0.15) is 26.0 Å². The number of hydrogen-bond acceptors (Lipinski definition) is 2. The molecule has 4 nitrogen and oxygen atoms in total. The fourth-order valence-electron chi connectivity index (χ4n) is 1.94. The Morgan fingerprint density at radius 3 is 2.38 bits per heavy atom. The lowest BCUT2D eigenvalue weighted by Gasteiger charge is -2.21. The molecule has 0 fully saturated rings. The maximum absolute atomic E-state index is 12.5. The van der Waals surface area contributed by atoms with Gasteiger partial charge in [0.1, 0.15) is 11.4 Å². The summed E-state index contributed by atoms with van der Waals surface area (Å²) >= 11 is 5.74. The highest BCUT2D eigenvalue weighted by Crippen LogP contribution is 2.24. The van der Waals surface area contributed by atoms with Gasteiger partial charge in [0.05, 0.1) is 5.88 Å². The number of nitrogens with zero attached hydrogens (tertiary/aromatic N) is 2. The summed E-state index contributed by atoms with van der Waals surface area (Å²) in [6.45, 7) is 2.09. The summed E-state index contributed by atoms with van der Waals surface area (Å²) in [5, 5.41) is 0. The van der Waals surface area contributed by atoms with Crippen molar-refractivity contribution in [3.63, 3.8) is 0 Å². The van der Waals surface area contributed by atoms with Gasteiger partial charge in [0.25, 0.3) is 0 Å². The summed E-state index contributed by atoms with van der Waals surface area (Å²) in [4.78, 5) is -0.155. The van der Waals surface area contributed by atoms with E-state index in [2.05, 4.69) is 0 Å². The van der Waals surface area contributed by atoms with Crippen molar-refractivity contribution in [3.8, 4) is 0 Å². The Balaban J connectivity index is 3.16. The monoisotopic (exact) mass is 346 g/mol. The van der Waals surface area contributed by atoms with E-state index >= 15 is 0 Å². The second-order valence-electron chi connectivity index (χ2n) is 4.54. The topological polar surface area (TPSA) is 42.3 Å². The molecular weight excluding hydrogens is 329 g/mol. The molecule has 1 rings (SSSR count). The minimum absolute atomic E-state index is 0.0981. The molecule has 1 aromatic rings. The average molecular weight is 347 g/mol. The van der Waals surface area contributed by atoms with E-state index in [0.29, 0.717) is 16.5 Å².